The van der Waals surface area contributed by atoms with Gasteiger partial charge in [0.05, 0.1) is 18.3 Å². The lowest BCUT2D eigenvalue weighted by atomic mass is 10.2. The SMILES string of the molecule is Nc1ccc2oc(=O)n(Cc3cncc(F)c3)c2c1. The summed E-state index contributed by atoms with van der Waals surface area (Å²) in [6, 6.07) is 6.25. The van der Waals surface area contributed by atoms with E-state index in [2.05, 4.69) is 4.98 Å². The molecule has 19 heavy (non-hydrogen) atoms. The molecule has 3 rings (SSSR count). The topological polar surface area (TPSA) is 74.0 Å². The van der Waals surface area contributed by atoms with Crippen LogP contribution in [0, 0.1) is 5.82 Å². The number of nitrogens with two attached hydrogens (primary N) is 1. The van der Waals surface area contributed by atoms with Crippen LogP contribution >= 0.6 is 0 Å². The highest BCUT2D eigenvalue weighted by atomic mass is 19.1. The van der Waals surface area contributed by atoms with Gasteiger partial charge >= 0.3 is 5.76 Å². The Kier molecular flexibility index (Phi) is 2.56. The summed E-state index contributed by atoms with van der Waals surface area (Å²) in [4.78, 5) is 15.5. The predicted molar refractivity (Wildman–Crippen MR) is 68.2 cm³/mol. The van der Waals surface area contributed by atoms with Gasteiger partial charge in [0.2, 0.25) is 0 Å². The number of hydrogen-bond acceptors (Lipinski definition) is 4. The predicted octanol–water partition coefficient (Wildman–Crippen LogP) is 1.76. The van der Waals surface area contributed by atoms with Gasteiger partial charge in [0.25, 0.3) is 0 Å². The first-order valence-corrected chi connectivity index (χ1v) is 5.62. The summed E-state index contributed by atoms with van der Waals surface area (Å²) in [5.74, 6) is -0.956. The monoisotopic (exact) mass is 259 g/mol. The average molecular weight is 259 g/mol. The van der Waals surface area contributed by atoms with Crippen LogP contribution in [0.25, 0.3) is 11.1 Å². The lowest BCUT2D eigenvalue weighted by Gasteiger charge is -2.02. The van der Waals surface area contributed by atoms with Crippen molar-refractivity contribution < 1.29 is 8.81 Å². The standard InChI is InChI=1S/C13H10FN3O2/c14-9-3-8(5-16-6-9)7-17-11-4-10(15)1-2-12(11)19-13(17)18/h1-6H,7,15H2. The van der Waals surface area contributed by atoms with Crippen LogP contribution in [-0.4, -0.2) is 9.55 Å². The van der Waals surface area contributed by atoms with Crippen LogP contribution in [0.5, 0.6) is 0 Å². The van der Waals surface area contributed by atoms with E-state index in [-0.39, 0.29) is 6.54 Å². The molecule has 6 heteroatoms. The number of pyridine rings is 1. The molecule has 0 saturated carbocycles. The Balaban J connectivity index is 2.12. The first kappa shape index (κ1) is 11.5. The Hall–Kier alpha value is -2.63. The first-order chi connectivity index (χ1) is 9.13. The molecule has 0 unspecified atom stereocenters. The van der Waals surface area contributed by atoms with Crippen molar-refractivity contribution in [2.45, 2.75) is 6.54 Å². The van der Waals surface area contributed by atoms with Crippen LogP contribution in [0.15, 0.2) is 45.9 Å². The summed E-state index contributed by atoms with van der Waals surface area (Å²) in [6.45, 7) is 0.181. The molecule has 5 nitrogen and oxygen atoms in total. The number of rotatable bonds is 2. The van der Waals surface area contributed by atoms with Crippen molar-refractivity contribution in [1.82, 2.24) is 9.55 Å². The Labute approximate surface area is 107 Å². The second-order valence-corrected chi connectivity index (χ2v) is 4.19. The van der Waals surface area contributed by atoms with Crippen LogP contribution in [0.2, 0.25) is 0 Å². The number of anilines is 1. The molecule has 2 heterocycles. The minimum Gasteiger partial charge on any atom is -0.408 e. The molecule has 96 valence electrons. The van der Waals surface area contributed by atoms with Crippen molar-refractivity contribution in [2.75, 3.05) is 5.73 Å². The smallest absolute Gasteiger partial charge is 0.408 e. The van der Waals surface area contributed by atoms with E-state index in [0.29, 0.717) is 22.4 Å². The van der Waals surface area contributed by atoms with Gasteiger partial charge in [0.1, 0.15) is 5.82 Å². The Morgan fingerprint density at radius 2 is 2.16 bits per heavy atom. The summed E-state index contributed by atoms with van der Waals surface area (Å²) < 4.78 is 19.6. The lowest BCUT2D eigenvalue weighted by molar-refractivity contribution is 0.516. The maximum atomic E-state index is 13.1. The molecule has 0 aliphatic carbocycles. The molecule has 0 bridgehead atoms. The van der Waals surface area contributed by atoms with Crippen molar-refractivity contribution >= 4 is 16.8 Å². The Morgan fingerprint density at radius 1 is 1.32 bits per heavy atom. The highest BCUT2D eigenvalue weighted by Gasteiger charge is 2.10. The van der Waals surface area contributed by atoms with Gasteiger partial charge in [-0.15, -0.1) is 0 Å². The van der Waals surface area contributed by atoms with Gasteiger partial charge in [0, 0.05) is 11.9 Å². The molecule has 2 N–H and O–H groups in total. The molecule has 3 aromatic rings. The average Bonchev–Trinajstić information content (AvgIpc) is 2.66. The first-order valence-electron chi connectivity index (χ1n) is 5.62. The number of nitrogen functional groups attached to an aromatic ring is 1. The van der Waals surface area contributed by atoms with Gasteiger partial charge in [0.15, 0.2) is 5.58 Å². The molecule has 0 aliphatic heterocycles. The number of oxazole rings is 1. The minimum absolute atomic E-state index is 0.181. The highest BCUT2D eigenvalue weighted by molar-refractivity contribution is 5.77. The third kappa shape index (κ3) is 2.08. The Morgan fingerprint density at radius 3 is 2.95 bits per heavy atom. The normalized spacial score (nSPS) is 11.0. The number of halogens is 1. The second kappa shape index (κ2) is 4.24. The summed E-state index contributed by atoms with van der Waals surface area (Å²) in [6.07, 6.45) is 2.61. The molecule has 0 saturated heterocycles. The van der Waals surface area contributed by atoms with E-state index in [9.17, 15) is 9.18 Å². The molecule has 0 amide bonds. The molecule has 0 radical (unpaired) electrons. The molecule has 1 aromatic carbocycles. The summed E-state index contributed by atoms with van der Waals surface area (Å²) >= 11 is 0. The quantitative estimate of drug-likeness (QED) is 0.711. The van der Waals surface area contributed by atoms with Crippen molar-refractivity contribution in [3.8, 4) is 0 Å². The number of nitrogens with zero attached hydrogens (tertiary/aromatic N) is 2. The van der Waals surface area contributed by atoms with Crippen molar-refractivity contribution in [2.24, 2.45) is 0 Å². The second-order valence-electron chi connectivity index (χ2n) is 4.19. The van der Waals surface area contributed by atoms with E-state index in [1.165, 1.54) is 16.8 Å². The maximum absolute atomic E-state index is 13.1. The van der Waals surface area contributed by atoms with Gasteiger partial charge in [-0.05, 0) is 29.8 Å². The molecule has 0 fully saturated rings. The van der Waals surface area contributed by atoms with Crippen molar-refractivity contribution in [3.63, 3.8) is 0 Å². The van der Waals surface area contributed by atoms with E-state index in [1.807, 2.05) is 0 Å². The third-order valence-electron chi connectivity index (χ3n) is 2.79. The van der Waals surface area contributed by atoms with E-state index in [1.54, 1.807) is 18.2 Å². The van der Waals surface area contributed by atoms with Crippen LogP contribution in [-0.2, 0) is 6.54 Å². The van der Waals surface area contributed by atoms with E-state index >= 15 is 0 Å². The van der Waals surface area contributed by atoms with Gasteiger partial charge in [-0.3, -0.25) is 9.55 Å². The van der Waals surface area contributed by atoms with E-state index in [4.69, 9.17) is 10.2 Å². The maximum Gasteiger partial charge on any atom is 0.420 e. The molecular weight excluding hydrogens is 249 g/mol. The van der Waals surface area contributed by atoms with Crippen LogP contribution in [0.3, 0.4) is 0 Å². The van der Waals surface area contributed by atoms with Crippen LogP contribution < -0.4 is 11.5 Å². The zero-order valence-corrected chi connectivity index (χ0v) is 9.84. The molecule has 0 spiro atoms. The summed E-state index contributed by atoms with van der Waals surface area (Å²) in [7, 11) is 0. The fourth-order valence-electron chi connectivity index (χ4n) is 1.95. The molecular formula is C13H10FN3O2. The number of hydrogen-bond donors (Lipinski definition) is 1. The summed E-state index contributed by atoms with van der Waals surface area (Å²) in [5, 5.41) is 0. The minimum atomic E-state index is -0.509. The molecule has 2 aromatic heterocycles. The van der Waals surface area contributed by atoms with Crippen molar-refractivity contribution in [3.05, 3.63) is 58.6 Å². The zero-order chi connectivity index (χ0) is 13.4. The highest BCUT2D eigenvalue weighted by Crippen LogP contribution is 2.17. The number of benzene rings is 1. The van der Waals surface area contributed by atoms with Crippen LogP contribution in [0.4, 0.5) is 10.1 Å². The van der Waals surface area contributed by atoms with E-state index < -0.39 is 11.6 Å². The van der Waals surface area contributed by atoms with Gasteiger partial charge in [-0.1, -0.05) is 0 Å². The largest absolute Gasteiger partial charge is 0.420 e. The van der Waals surface area contributed by atoms with E-state index in [0.717, 1.165) is 6.20 Å². The van der Waals surface area contributed by atoms with Crippen molar-refractivity contribution in [1.29, 1.82) is 0 Å². The molecule has 0 atom stereocenters. The number of aromatic nitrogens is 2. The van der Waals surface area contributed by atoms with Crippen LogP contribution in [0.1, 0.15) is 5.56 Å². The fraction of sp³-hybridized carbons (Fsp3) is 0.0769. The molecule has 0 aliphatic rings. The van der Waals surface area contributed by atoms with Gasteiger partial charge in [-0.25, -0.2) is 9.18 Å². The fourth-order valence-corrected chi connectivity index (χ4v) is 1.95. The zero-order valence-electron chi connectivity index (χ0n) is 9.84. The van der Waals surface area contributed by atoms with Gasteiger partial charge < -0.3 is 10.2 Å². The Bertz CT molecular complexity index is 807. The lowest BCUT2D eigenvalue weighted by Crippen LogP contribution is -2.15. The summed E-state index contributed by atoms with van der Waals surface area (Å²) in [5.41, 5.74) is 7.82. The number of fused-ring (bicyclic) bond motifs is 1. The van der Waals surface area contributed by atoms with Gasteiger partial charge in [-0.2, -0.15) is 0 Å². The third-order valence-corrected chi connectivity index (χ3v) is 2.79.